The van der Waals surface area contributed by atoms with E-state index in [9.17, 15) is 35.1 Å². The first-order valence-corrected chi connectivity index (χ1v) is 10.7. The Labute approximate surface area is 200 Å². The lowest BCUT2D eigenvalue weighted by Crippen LogP contribution is -2.42. The van der Waals surface area contributed by atoms with Crippen molar-refractivity contribution in [2.24, 2.45) is 5.41 Å². The zero-order valence-corrected chi connectivity index (χ0v) is 20.0. The van der Waals surface area contributed by atoms with Crippen LogP contribution in [-0.4, -0.2) is 41.2 Å². The lowest BCUT2D eigenvalue weighted by atomic mass is 9.91. The topological polar surface area (TPSA) is 40.5 Å². The van der Waals surface area contributed by atoms with E-state index in [-0.39, 0.29) is 30.5 Å². The van der Waals surface area contributed by atoms with Crippen molar-refractivity contribution in [3.63, 3.8) is 0 Å². The molecule has 3 nitrogen and oxygen atoms in total. The van der Waals surface area contributed by atoms with Crippen molar-refractivity contribution in [2.75, 3.05) is 13.1 Å². The summed E-state index contributed by atoms with van der Waals surface area (Å²) in [6, 6.07) is 2.93. The zero-order chi connectivity index (χ0) is 27.7. The predicted molar refractivity (Wildman–Crippen MR) is 117 cm³/mol. The van der Waals surface area contributed by atoms with Gasteiger partial charge in [-0.2, -0.15) is 26.3 Å². The summed E-state index contributed by atoms with van der Waals surface area (Å²) in [6.45, 7) is 6.96. The number of alkyl halides is 8. The molecule has 35 heavy (non-hydrogen) atoms. The second kappa shape index (κ2) is 13.1. The molecule has 2 rings (SSSR count). The number of rotatable bonds is 4. The van der Waals surface area contributed by atoms with Gasteiger partial charge in [0.2, 0.25) is 0 Å². The second-order valence-corrected chi connectivity index (χ2v) is 9.11. The average molecular weight is 518 g/mol. The van der Waals surface area contributed by atoms with Crippen LogP contribution in [0.25, 0.3) is 0 Å². The van der Waals surface area contributed by atoms with Gasteiger partial charge in [0.25, 0.3) is 11.9 Å². The molecule has 0 aromatic heterocycles. The molecule has 1 saturated heterocycles. The molecule has 0 amide bonds. The Morgan fingerprint density at radius 3 is 1.94 bits per heavy atom. The molecule has 0 spiro atoms. The maximum Gasteiger partial charge on any atom is 0.416 e. The summed E-state index contributed by atoms with van der Waals surface area (Å²) in [4.78, 5) is 10.5. The van der Waals surface area contributed by atoms with Crippen LogP contribution < -0.4 is 0 Å². The number of hydrogen-bond donors (Lipinski definition) is 1. The minimum atomic E-state index is -4.54. The maximum absolute atomic E-state index is 13.7. The van der Waals surface area contributed by atoms with E-state index in [1.54, 1.807) is 0 Å². The van der Waals surface area contributed by atoms with Gasteiger partial charge >= 0.3 is 12.4 Å². The first-order chi connectivity index (χ1) is 15.7. The van der Waals surface area contributed by atoms with Crippen LogP contribution in [0.5, 0.6) is 0 Å². The fourth-order valence-electron chi connectivity index (χ4n) is 2.95. The lowest BCUT2D eigenvalue weighted by Gasteiger charge is -2.39. The third kappa shape index (κ3) is 15.3. The number of halogens is 8. The van der Waals surface area contributed by atoms with E-state index in [4.69, 9.17) is 16.3 Å². The zero-order valence-electron chi connectivity index (χ0n) is 20.0. The Balaban J connectivity index is 0.000000976. The summed E-state index contributed by atoms with van der Waals surface area (Å²) in [7, 11) is 0. The average Bonchev–Trinajstić information content (AvgIpc) is 2.67. The smallest absolute Gasteiger partial charge is 0.416 e. The SMILES string of the molecule is C#CC(C)(C)C.CC(=O)O.FC(F)(F)CCCN1CCC(F)(F)CC1c1ccc(C(F)(F)F)cc1. The minimum Gasteiger partial charge on any atom is -0.481 e. The molecule has 1 unspecified atom stereocenters. The van der Waals surface area contributed by atoms with Crippen molar-refractivity contribution >= 4 is 5.97 Å². The molecule has 1 aromatic carbocycles. The van der Waals surface area contributed by atoms with Crippen LogP contribution in [-0.2, 0) is 11.0 Å². The predicted octanol–water partition coefficient (Wildman–Crippen LogP) is 7.58. The molecule has 200 valence electrons. The van der Waals surface area contributed by atoms with Crippen LogP contribution in [0, 0.1) is 17.8 Å². The summed E-state index contributed by atoms with van der Waals surface area (Å²) in [5, 5.41) is 7.42. The molecule has 0 radical (unpaired) electrons. The molecule has 0 aliphatic carbocycles. The van der Waals surface area contributed by atoms with Crippen molar-refractivity contribution in [3.05, 3.63) is 35.4 Å². The third-order valence-corrected chi connectivity index (χ3v) is 4.66. The summed E-state index contributed by atoms with van der Waals surface area (Å²) in [5.41, 5.74) is -0.582. The third-order valence-electron chi connectivity index (χ3n) is 4.66. The van der Waals surface area contributed by atoms with Gasteiger partial charge < -0.3 is 5.11 Å². The number of terminal acetylenes is 1. The normalized spacial score (nSPS) is 18.3. The van der Waals surface area contributed by atoms with Crippen molar-refractivity contribution in [2.45, 2.75) is 77.7 Å². The van der Waals surface area contributed by atoms with Crippen molar-refractivity contribution < 1.29 is 45.0 Å². The van der Waals surface area contributed by atoms with E-state index < -0.39 is 55.1 Å². The number of carbonyl (C=O) groups is 1. The van der Waals surface area contributed by atoms with Crippen LogP contribution in [0.15, 0.2) is 24.3 Å². The van der Waals surface area contributed by atoms with Gasteiger partial charge in [-0.25, -0.2) is 8.78 Å². The van der Waals surface area contributed by atoms with Gasteiger partial charge in [-0.05, 0) is 51.4 Å². The Kier molecular flexibility index (Phi) is 12.2. The molecule has 1 heterocycles. The Morgan fingerprint density at radius 2 is 1.57 bits per heavy atom. The first kappa shape index (κ1) is 32.7. The van der Waals surface area contributed by atoms with Gasteiger partial charge in [0.05, 0.1) is 5.56 Å². The number of likely N-dealkylation sites (tertiary alicyclic amines) is 1. The Morgan fingerprint density at radius 1 is 1.11 bits per heavy atom. The molecular formula is C24H31F8NO2. The Bertz CT molecular complexity index is 814. The number of carboxylic acid groups (broad SMARTS) is 1. The number of benzene rings is 1. The molecule has 0 bridgehead atoms. The quantitative estimate of drug-likeness (QED) is 0.331. The van der Waals surface area contributed by atoms with E-state index in [2.05, 4.69) is 5.92 Å². The highest BCUT2D eigenvalue weighted by atomic mass is 19.4. The van der Waals surface area contributed by atoms with Crippen molar-refractivity contribution in [1.29, 1.82) is 0 Å². The highest BCUT2D eigenvalue weighted by Crippen LogP contribution is 2.41. The molecule has 1 aromatic rings. The number of carboxylic acids is 1. The van der Waals surface area contributed by atoms with E-state index >= 15 is 0 Å². The molecule has 11 heteroatoms. The van der Waals surface area contributed by atoms with Crippen molar-refractivity contribution in [1.82, 2.24) is 4.90 Å². The number of aliphatic carboxylic acids is 1. The number of piperidine rings is 1. The van der Waals surface area contributed by atoms with Gasteiger partial charge in [-0.1, -0.05) is 12.1 Å². The lowest BCUT2D eigenvalue weighted by molar-refractivity contribution is -0.138. The van der Waals surface area contributed by atoms with Crippen LogP contribution in [0.4, 0.5) is 35.1 Å². The fourth-order valence-corrected chi connectivity index (χ4v) is 2.95. The van der Waals surface area contributed by atoms with Crippen molar-refractivity contribution in [3.8, 4) is 12.3 Å². The van der Waals surface area contributed by atoms with Crippen LogP contribution in [0.2, 0.25) is 0 Å². The monoisotopic (exact) mass is 517 g/mol. The van der Waals surface area contributed by atoms with E-state index in [0.717, 1.165) is 31.2 Å². The summed E-state index contributed by atoms with van der Waals surface area (Å²) in [5.74, 6) is -1.22. The van der Waals surface area contributed by atoms with Gasteiger partial charge in [-0.3, -0.25) is 9.69 Å². The fraction of sp³-hybridized carbons (Fsp3) is 0.625. The molecule has 1 aliphatic heterocycles. The minimum absolute atomic E-state index is 0.0404. The van der Waals surface area contributed by atoms with Crippen LogP contribution in [0.1, 0.15) is 70.5 Å². The summed E-state index contributed by atoms with van der Waals surface area (Å²) >= 11 is 0. The van der Waals surface area contributed by atoms with Crippen LogP contribution in [0.3, 0.4) is 0 Å². The molecule has 0 saturated carbocycles. The van der Waals surface area contributed by atoms with Gasteiger partial charge in [0.1, 0.15) is 0 Å². The molecular weight excluding hydrogens is 486 g/mol. The van der Waals surface area contributed by atoms with Gasteiger partial charge in [0.15, 0.2) is 0 Å². The standard InChI is InChI=1S/C16H17F8N.C6H10.C2H4O2/c17-14(18)7-9-25(8-1-6-15(19,20)21)13(10-14)11-2-4-12(5-3-11)16(22,23)24;1-5-6(2,3)4;1-2(3)4/h2-5,13H,1,6-10H2;1H,2-4H3;1H3,(H,3,4). The molecule has 1 aliphatic rings. The highest BCUT2D eigenvalue weighted by Gasteiger charge is 2.41. The first-order valence-electron chi connectivity index (χ1n) is 10.7. The van der Waals surface area contributed by atoms with Gasteiger partial charge in [0, 0.05) is 44.2 Å². The largest absolute Gasteiger partial charge is 0.481 e. The van der Waals surface area contributed by atoms with E-state index in [0.29, 0.717) is 0 Å². The highest BCUT2D eigenvalue weighted by molar-refractivity contribution is 5.62. The summed E-state index contributed by atoms with van der Waals surface area (Å²) < 4.78 is 102. The second-order valence-electron chi connectivity index (χ2n) is 9.11. The van der Waals surface area contributed by atoms with Gasteiger partial charge in [-0.15, -0.1) is 12.3 Å². The molecule has 1 fully saturated rings. The summed E-state index contributed by atoms with van der Waals surface area (Å²) in [6.07, 6.45) is -6.18. The molecule has 1 atom stereocenters. The van der Waals surface area contributed by atoms with E-state index in [1.165, 1.54) is 4.90 Å². The number of nitrogens with zero attached hydrogens (tertiary/aromatic N) is 1. The van der Waals surface area contributed by atoms with E-state index in [1.807, 2.05) is 20.8 Å². The molecule has 1 N–H and O–H groups in total. The maximum atomic E-state index is 13.7. The van der Waals surface area contributed by atoms with Crippen LogP contribution >= 0.6 is 0 Å². The number of hydrogen-bond acceptors (Lipinski definition) is 2. The Hall–Kier alpha value is -2.35.